The zero-order valence-corrected chi connectivity index (χ0v) is 22.5. The number of ether oxygens (including phenoxy) is 1. The molecular formula is C28H58ClNO. The Bertz CT molecular complexity index is 335. The maximum absolute atomic E-state index is 5.59. The summed E-state index contributed by atoms with van der Waals surface area (Å²) in [5, 5.41) is 0. The van der Waals surface area contributed by atoms with Crippen molar-refractivity contribution in [3.63, 3.8) is 0 Å². The van der Waals surface area contributed by atoms with E-state index < -0.39 is 0 Å². The van der Waals surface area contributed by atoms with Gasteiger partial charge >= 0.3 is 0 Å². The molecule has 0 radical (unpaired) electrons. The van der Waals surface area contributed by atoms with Gasteiger partial charge in [-0.25, -0.2) is 0 Å². The highest BCUT2D eigenvalue weighted by Crippen LogP contribution is 2.20. The molecule has 3 heteroatoms. The van der Waals surface area contributed by atoms with Crippen molar-refractivity contribution in [1.29, 1.82) is 0 Å². The molecular weight excluding hydrogens is 402 g/mol. The molecule has 0 aromatic carbocycles. The van der Waals surface area contributed by atoms with Gasteiger partial charge in [-0.3, -0.25) is 0 Å². The Balaban J connectivity index is 0.00000900. The highest BCUT2D eigenvalue weighted by molar-refractivity contribution is 4.68. The Morgan fingerprint density at radius 3 is 1.13 bits per heavy atom. The number of rotatable bonds is 24. The van der Waals surface area contributed by atoms with E-state index in [0.29, 0.717) is 6.10 Å². The normalized spacial score (nSPS) is 15.8. The largest absolute Gasteiger partial charge is 1.00 e. The van der Waals surface area contributed by atoms with Crippen molar-refractivity contribution in [1.82, 2.24) is 0 Å². The van der Waals surface area contributed by atoms with Gasteiger partial charge in [-0.05, 0) is 25.7 Å². The van der Waals surface area contributed by atoms with Gasteiger partial charge in [-0.2, -0.15) is 0 Å². The zero-order valence-electron chi connectivity index (χ0n) is 21.8. The van der Waals surface area contributed by atoms with Crippen molar-refractivity contribution in [2.75, 3.05) is 33.3 Å². The van der Waals surface area contributed by atoms with Gasteiger partial charge in [-0.15, -0.1) is 0 Å². The van der Waals surface area contributed by atoms with Crippen molar-refractivity contribution < 1.29 is 21.6 Å². The van der Waals surface area contributed by atoms with Crippen LogP contribution in [0.5, 0.6) is 0 Å². The van der Waals surface area contributed by atoms with Crippen LogP contribution in [0.3, 0.4) is 0 Å². The maximum Gasteiger partial charge on any atom is 0.130 e. The number of hydrogen-bond donors (Lipinski definition) is 0. The van der Waals surface area contributed by atoms with Crippen LogP contribution in [0, 0.1) is 0 Å². The minimum Gasteiger partial charge on any atom is -1.00 e. The third-order valence-corrected chi connectivity index (χ3v) is 7.15. The fourth-order valence-corrected chi connectivity index (χ4v) is 4.92. The molecule has 1 atom stereocenters. The summed E-state index contributed by atoms with van der Waals surface area (Å²) in [6, 6.07) is 0. The second-order valence-corrected chi connectivity index (χ2v) is 10.6. The molecule has 1 unspecified atom stereocenters. The molecule has 2 nitrogen and oxygen atoms in total. The van der Waals surface area contributed by atoms with E-state index in [-0.39, 0.29) is 12.4 Å². The van der Waals surface area contributed by atoms with Crippen LogP contribution in [0.25, 0.3) is 0 Å². The number of halogens is 1. The predicted molar refractivity (Wildman–Crippen MR) is 134 cm³/mol. The van der Waals surface area contributed by atoms with Crippen LogP contribution in [-0.2, 0) is 4.74 Å². The van der Waals surface area contributed by atoms with E-state index >= 15 is 0 Å². The minimum absolute atomic E-state index is 0. The van der Waals surface area contributed by atoms with Crippen LogP contribution < -0.4 is 12.4 Å². The van der Waals surface area contributed by atoms with E-state index in [9.17, 15) is 0 Å². The van der Waals surface area contributed by atoms with Gasteiger partial charge in [0.15, 0.2) is 0 Å². The average molecular weight is 460 g/mol. The van der Waals surface area contributed by atoms with E-state index in [0.717, 1.165) is 6.61 Å². The van der Waals surface area contributed by atoms with Crippen LogP contribution in [0.1, 0.15) is 142 Å². The Labute approximate surface area is 203 Å². The van der Waals surface area contributed by atoms with E-state index in [1.54, 1.807) is 0 Å². The summed E-state index contributed by atoms with van der Waals surface area (Å²) in [4.78, 5) is 0. The Kier molecular flexibility index (Phi) is 22.2. The SMILES string of the molecule is CCCCCCCCCCCC[N+](C)(CCCCCCCCCCCC)CC1CO1.[Cl-]. The molecule has 1 rings (SSSR count). The minimum atomic E-state index is 0. The number of epoxide rings is 1. The quantitative estimate of drug-likeness (QED) is 0.103. The molecule has 188 valence electrons. The van der Waals surface area contributed by atoms with E-state index in [2.05, 4.69) is 20.9 Å². The number of likely N-dealkylation sites (N-methyl/N-ethyl adjacent to an activating group) is 1. The molecule has 1 aliphatic rings. The summed E-state index contributed by atoms with van der Waals surface area (Å²) < 4.78 is 6.85. The molecule has 1 aliphatic heterocycles. The smallest absolute Gasteiger partial charge is 0.130 e. The highest BCUT2D eigenvalue weighted by atomic mass is 35.5. The summed E-state index contributed by atoms with van der Waals surface area (Å²) in [6.45, 7) is 9.62. The molecule has 0 amide bonds. The fourth-order valence-electron chi connectivity index (χ4n) is 4.92. The molecule has 0 saturated carbocycles. The van der Waals surface area contributed by atoms with Gasteiger partial charge in [0.05, 0.1) is 26.7 Å². The molecule has 1 fully saturated rings. The Morgan fingerprint density at radius 2 is 0.839 bits per heavy atom. The van der Waals surface area contributed by atoms with Gasteiger partial charge in [0, 0.05) is 0 Å². The second kappa shape index (κ2) is 22.0. The number of quaternary nitrogens is 1. The van der Waals surface area contributed by atoms with E-state index in [1.165, 1.54) is 153 Å². The molecule has 0 N–H and O–H groups in total. The van der Waals surface area contributed by atoms with Gasteiger partial charge < -0.3 is 21.6 Å². The predicted octanol–water partition coefficient (Wildman–Crippen LogP) is 5.68. The van der Waals surface area contributed by atoms with Crippen molar-refractivity contribution in [3.05, 3.63) is 0 Å². The van der Waals surface area contributed by atoms with Gasteiger partial charge in [-0.1, -0.05) is 117 Å². The summed E-state index contributed by atoms with van der Waals surface area (Å²) in [5.41, 5.74) is 0. The lowest BCUT2D eigenvalue weighted by atomic mass is 10.1. The Morgan fingerprint density at radius 1 is 0.548 bits per heavy atom. The standard InChI is InChI=1S/C28H58NO.ClH/c1-4-6-8-10-12-14-16-18-20-22-24-29(3,26-28-27-30-28)25-23-21-19-17-15-13-11-9-7-5-2;/h28H,4-27H2,1-3H3;1H/q+1;/p-1. The number of nitrogens with zero attached hydrogens (tertiary/aromatic N) is 1. The Hall–Kier alpha value is 0.210. The van der Waals surface area contributed by atoms with Crippen molar-refractivity contribution in [2.45, 2.75) is 148 Å². The second-order valence-electron chi connectivity index (χ2n) is 10.6. The van der Waals surface area contributed by atoms with Crippen LogP contribution in [-0.4, -0.2) is 43.9 Å². The van der Waals surface area contributed by atoms with Gasteiger partial charge in [0.25, 0.3) is 0 Å². The van der Waals surface area contributed by atoms with Crippen molar-refractivity contribution >= 4 is 0 Å². The fraction of sp³-hybridized carbons (Fsp3) is 1.00. The van der Waals surface area contributed by atoms with Crippen LogP contribution in [0.2, 0.25) is 0 Å². The molecule has 1 heterocycles. The molecule has 0 aromatic rings. The maximum atomic E-state index is 5.59. The van der Waals surface area contributed by atoms with Crippen molar-refractivity contribution in [2.24, 2.45) is 0 Å². The molecule has 31 heavy (non-hydrogen) atoms. The first kappa shape index (κ1) is 31.2. The summed E-state index contributed by atoms with van der Waals surface area (Å²) in [5.74, 6) is 0. The molecule has 1 saturated heterocycles. The first-order valence-corrected chi connectivity index (χ1v) is 14.2. The van der Waals surface area contributed by atoms with E-state index in [4.69, 9.17) is 4.74 Å². The third kappa shape index (κ3) is 20.5. The van der Waals surface area contributed by atoms with Gasteiger partial charge in [0.2, 0.25) is 0 Å². The van der Waals surface area contributed by atoms with E-state index in [1.807, 2.05) is 0 Å². The molecule has 0 bridgehead atoms. The summed E-state index contributed by atoms with van der Waals surface area (Å²) in [7, 11) is 2.50. The first-order valence-electron chi connectivity index (χ1n) is 14.2. The third-order valence-electron chi connectivity index (χ3n) is 7.15. The highest BCUT2D eigenvalue weighted by Gasteiger charge is 2.33. The number of hydrogen-bond acceptors (Lipinski definition) is 1. The number of unbranched alkanes of at least 4 members (excludes halogenated alkanes) is 18. The zero-order chi connectivity index (χ0) is 21.8. The summed E-state index contributed by atoms with van der Waals surface area (Å²) in [6.07, 6.45) is 29.4. The average Bonchev–Trinajstić information content (AvgIpc) is 3.54. The molecule has 0 aromatic heterocycles. The lowest BCUT2D eigenvalue weighted by Gasteiger charge is -2.34. The molecule has 0 spiro atoms. The van der Waals surface area contributed by atoms with Crippen molar-refractivity contribution in [3.8, 4) is 0 Å². The lowest BCUT2D eigenvalue weighted by molar-refractivity contribution is -0.910. The van der Waals surface area contributed by atoms with Gasteiger partial charge in [0.1, 0.15) is 12.6 Å². The monoisotopic (exact) mass is 459 g/mol. The van der Waals surface area contributed by atoms with Crippen LogP contribution in [0.4, 0.5) is 0 Å². The topological polar surface area (TPSA) is 12.5 Å². The van der Waals surface area contributed by atoms with Crippen LogP contribution in [0.15, 0.2) is 0 Å². The van der Waals surface area contributed by atoms with Crippen LogP contribution >= 0.6 is 0 Å². The first-order chi connectivity index (χ1) is 14.7. The lowest BCUT2D eigenvalue weighted by Crippen LogP contribution is -3.00. The summed E-state index contributed by atoms with van der Waals surface area (Å²) >= 11 is 0. The molecule has 0 aliphatic carbocycles.